The second-order valence-corrected chi connectivity index (χ2v) is 9.48. The number of nitrogens with two attached hydrogens (primary N) is 1. The summed E-state index contributed by atoms with van der Waals surface area (Å²) in [5, 5.41) is 3.46. The van der Waals surface area contributed by atoms with Gasteiger partial charge in [0.05, 0.1) is 29.0 Å². The molecule has 4 aromatic rings. The van der Waals surface area contributed by atoms with Crippen LogP contribution >= 0.6 is 22.9 Å². The van der Waals surface area contributed by atoms with E-state index in [1.165, 1.54) is 11.3 Å². The van der Waals surface area contributed by atoms with Crippen LogP contribution in [0.3, 0.4) is 0 Å². The molecule has 0 bridgehead atoms. The summed E-state index contributed by atoms with van der Waals surface area (Å²) >= 11 is 7.53. The Morgan fingerprint density at radius 1 is 1.26 bits per heavy atom. The highest BCUT2D eigenvalue weighted by molar-refractivity contribution is 7.17. The van der Waals surface area contributed by atoms with Gasteiger partial charge in [-0.1, -0.05) is 29.8 Å². The monoisotopic (exact) mass is 497 g/mol. The molecule has 3 N–H and O–H groups in total. The van der Waals surface area contributed by atoms with E-state index in [-0.39, 0.29) is 12.5 Å². The molecule has 4 rings (SSSR count). The van der Waals surface area contributed by atoms with Gasteiger partial charge in [-0.15, -0.1) is 11.3 Å². The van der Waals surface area contributed by atoms with Gasteiger partial charge in [0.25, 0.3) is 5.91 Å². The third-order valence-electron chi connectivity index (χ3n) is 5.07. The minimum Gasteiger partial charge on any atom is -0.484 e. The van der Waals surface area contributed by atoms with E-state index in [1.807, 2.05) is 49.7 Å². The van der Waals surface area contributed by atoms with Crippen LogP contribution in [0.4, 0.5) is 5.69 Å². The Balaban J connectivity index is 1.67. The third kappa shape index (κ3) is 5.06. The fraction of sp³-hybridized carbons (Fsp3) is 0.208. The number of halogens is 1. The predicted octanol–water partition coefficient (Wildman–Crippen LogP) is 4.46. The fourth-order valence-corrected chi connectivity index (χ4v) is 4.78. The third-order valence-corrected chi connectivity index (χ3v) is 6.57. The topological polar surface area (TPSA) is 102 Å². The summed E-state index contributed by atoms with van der Waals surface area (Å²) in [6.45, 7) is 2.13. The molecule has 34 heavy (non-hydrogen) atoms. The molecule has 1 atom stereocenters. The van der Waals surface area contributed by atoms with E-state index in [1.54, 1.807) is 35.5 Å². The maximum atomic E-state index is 12.2. The van der Waals surface area contributed by atoms with Crippen LogP contribution in [0, 0.1) is 0 Å². The van der Waals surface area contributed by atoms with Crippen LogP contribution < -0.4 is 15.8 Å². The number of amides is 2. The number of primary amides is 1. The lowest BCUT2D eigenvalue weighted by Crippen LogP contribution is -2.27. The van der Waals surface area contributed by atoms with Crippen molar-refractivity contribution in [3.63, 3.8) is 0 Å². The molecule has 176 valence electrons. The normalized spacial score (nSPS) is 12.1. The van der Waals surface area contributed by atoms with Crippen molar-refractivity contribution in [2.24, 2.45) is 5.73 Å². The zero-order chi connectivity index (χ0) is 24.4. The van der Waals surface area contributed by atoms with Gasteiger partial charge in [-0.25, -0.2) is 4.98 Å². The molecule has 10 heteroatoms. The van der Waals surface area contributed by atoms with Crippen molar-refractivity contribution in [3.8, 4) is 16.3 Å². The number of hydrogen-bond acceptors (Lipinski definition) is 6. The number of nitrogens with zero attached hydrogens (tertiary/aromatic N) is 3. The van der Waals surface area contributed by atoms with Gasteiger partial charge in [-0.2, -0.15) is 0 Å². The highest BCUT2D eigenvalue weighted by atomic mass is 35.5. The Bertz CT molecular complexity index is 1360. The molecule has 0 radical (unpaired) electrons. The number of likely N-dealkylation sites (N-methyl/N-ethyl adjacent to an activating group) is 1. The fourth-order valence-electron chi connectivity index (χ4n) is 3.54. The molecule has 0 saturated carbocycles. The first-order valence-corrected chi connectivity index (χ1v) is 11.7. The lowest BCUT2D eigenvalue weighted by molar-refractivity contribution is -0.116. The van der Waals surface area contributed by atoms with Crippen molar-refractivity contribution in [3.05, 3.63) is 70.3 Å². The minimum absolute atomic E-state index is 0.123. The van der Waals surface area contributed by atoms with E-state index >= 15 is 0 Å². The summed E-state index contributed by atoms with van der Waals surface area (Å²) in [5.74, 6) is -0.323. The van der Waals surface area contributed by atoms with E-state index in [2.05, 4.69) is 10.3 Å². The molecule has 0 aliphatic rings. The SMILES string of the molecule is CC(Oc1cc(-c2cnc3ccc(NC(=O)CN(C)C)cn23)sc1C(N)=O)c1ccccc1Cl. The number of carbonyl (C=O) groups is 2. The average molecular weight is 498 g/mol. The molecule has 3 aromatic heterocycles. The van der Waals surface area contributed by atoms with Crippen LogP contribution in [-0.4, -0.2) is 46.7 Å². The van der Waals surface area contributed by atoms with Crippen LogP contribution in [0.5, 0.6) is 5.75 Å². The number of aromatic nitrogens is 2. The minimum atomic E-state index is -0.580. The number of imidazole rings is 1. The van der Waals surface area contributed by atoms with Crippen molar-refractivity contribution in [1.29, 1.82) is 0 Å². The Hall–Kier alpha value is -3.40. The van der Waals surface area contributed by atoms with Crippen molar-refractivity contribution in [2.75, 3.05) is 26.0 Å². The Labute approximate surface area is 205 Å². The highest BCUT2D eigenvalue weighted by Crippen LogP contribution is 2.39. The van der Waals surface area contributed by atoms with Crippen molar-refractivity contribution in [2.45, 2.75) is 13.0 Å². The first-order chi connectivity index (χ1) is 16.2. The number of pyridine rings is 1. The lowest BCUT2D eigenvalue weighted by Gasteiger charge is -2.16. The Morgan fingerprint density at radius 2 is 2.03 bits per heavy atom. The van der Waals surface area contributed by atoms with E-state index < -0.39 is 12.0 Å². The quantitative estimate of drug-likeness (QED) is 0.374. The number of nitrogens with one attached hydrogen (secondary N) is 1. The number of carbonyl (C=O) groups excluding carboxylic acids is 2. The molecule has 3 heterocycles. The lowest BCUT2D eigenvalue weighted by atomic mass is 10.1. The molecule has 1 aromatic carbocycles. The van der Waals surface area contributed by atoms with Crippen LogP contribution in [0.25, 0.3) is 16.2 Å². The van der Waals surface area contributed by atoms with Crippen LogP contribution in [-0.2, 0) is 4.79 Å². The van der Waals surface area contributed by atoms with Crippen molar-refractivity contribution in [1.82, 2.24) is 14.3 Å². The van der Waals surface area contributed by atoms with E-state index in [9.17, 15) is 9.59 Å². The van der Waals surface area contributed by atoms with Gasteiger partial charge in [-0.05, 0) is 39.2 Å². The predicted molar refractivity (Wildman–Crippen MR) is 135 cm³/mol. The van der Waals surface area contributed by atoms with Gasteiger partial charge in [0, 0.05) is 22.8 Å². The Morgan fingerprint density at radius 3 is 2.74 bits per heavy atom. The number of fused-ring (bicyclic) bond motifs is 1. The molecule has 0 saturated heterocycles. The zero-order valence-corrected chi connectivity index (χ0v) is 20.5. The summed E-state index contributed by atoms with van der Waals surface area (Å²) in [7, 11) is 3.66. The number of rotatable bonds is 8. The van der Waals surface area contributed by atoms with E-state index in [0.717, 1.165) is 16.1 Å². The molecule has 8 nitrogen and oxygen atoms in total. The van der Waals surface area contributed by atoms with Crippen LogP contribution in [0.2, 0.25) is 5.02 Å². The van der Waals surface area contributed by atoms with Gasteiger partial charge in [0.15, 0.2) is 0 Å². The average Bonchev–Trinajstić information content (AvgIpc) is 3.37. The van der Waals surface area contributed by atoms with Gasteiger partial charge in [-0.3, -0.25) is 14.0 Å². The van der Waals surface area contributed by atoms with Crippen LogP contribution in [0.15, 0.2) is 54.9 Å². The molecule has 0 fully saturated rings. The number of benzene rings is 1. The number of ether oxygens (including phenoxy) is 1. The largest absolute Gasteiger partial charge is 0.484 e. The Kier molecular flexibility index (Phi) is 6.87. The first kappa shape index (κ1) is 23.7. The number of anilines is 1. The summed E-state index contributed by atoms with van der Waals surface area (Å²) < 4.78 is 7.96. The summed E-state index contributed by atoms with van der Waals surface area (Å²) in [6.07, 6.45) is 3.11. The van der Waals surface area contributed by atoms with Gasteiger partial charge >= 0.3 is 0 Å². The first-order valence-electron chi connectivity index (χ1n) is 10.5. The van der Waals surface area contributed by atoms with Crippen LogP contribution in [0.1, 0.15) is 28.3 Å². The van der Waals surface area contributed by atoms with Crippen molar-refractivity contribution < 1.29 is 14.3 Å². The van der Waals surface area contributed by atoms with Gasteiger partial charge in [0.2, 0.25) is 5.91 Å². The van der Waals surface area contributed by atoms with Gasteiger partial charge < -0.3 is 20.7 Å². The summed E-state index contributed by atoms with van der Waals surface area (Å²) in [4.78, 5) is 31.6. The second-order valence-electron chi connectivity index (χ2n) is 8.03. The number of thiophene rings is 1. The molecule has 0 aliphatic heterocycles. The smallest absolute Gasteiger partial charge is 0.262 e. The maximum Gasteiger partial charge on any atom is 0.262 e. The summed E-state index contributed by atoms with van der Waals surface area (Å²) in [6, 6.07) is 12.8. The molecular formula is C24H24ClN5O3S. The molecule has 1 unspecified atom stereocenters. The van der Waals surface area contributed by atoms with Gasteiger partial charge in [0.1, 0.15) is 22.4 Å². The van der Waals surface area contributed by atoms with E-state index in [0.29, 0.717) is 27.0 Å². The molecule has 0 spiro atoms. The second kappa shape index (κ2) is 9.84. The highest BCUT2D eigenvalue weighted by Gasteiger charge is 2.21. The maximum absolute atomic E-state index is 12.2. The van der Waals surface area contributed by atoms with Crippen molar-refractivity contribution >= 4 is 46.1 Å². The molecule has 0 aliphatic carbocycles. The number of hydrogen-bond donors (Lipinski definition) is 2. The zero-order valence-electron chi connectivity index (χ0n) is 18.9. The molecular weight excluding hydrogens is 474 g/mol. The summed E-state index contributed by atoms with van der Waals surface area (Å²) in [5.41, 5.74) is 8.53. The molecule has 2 amide bonds. The standard InChI is InChI=1S/C24H24ClN5O3S/c1-14(16-6-4-5-7-17(16)25)33-19-10-20(34-23(19)24(26)32)18-11-27-21-9-8-15(12-30(18)21)28-22(31)13-29(2)3/h4-12,14H,13H2,1-3H3,(H2,26,32)(H,28,31). The van der Waals surface area contributed by atoms with E-state index in [4.69, 9.17) is 22.1 Å².